The largest absolute Gasteiger partial charge is 0.494 e. The summed E-state index contributed by atoms with van der Waals surface area (Å²) in [7, 11) is 0. The fourth-order valence-electron chi connectivity index (χ4n) is 1.31. The Labute approximate surface area is 117 Å². The summed E-state index contributed by atoms with van der Waals surface area (Å²) in [6.45, 7) is 6.12. The standard InChI is InChI=1S/C14H17N3O3/c1-3-8-15-13(18)14(19)17-16-10-11-6-5-7-12(9-11)20-4-2/h3,5-7,9-10H,1,4,8H2,2H3,(H,15,18)(H,17,19)/b16-10-. The van der Waals surface area contributed by atoms with Crippen molar-refractivity contribution >= 4 is 18.0 Å². The van der Waals surface area contributed by atoms with Crippen LogP contribution in [0.25, 0.3) is 0 Å². The van der Waals surface area contributed by atoms with Crippen LogP contribution in [-0.2, 0) is 9.59 Å². The van der Waals surface area contributed by atoms with Crippen LogP contribution in [-0.4, -0.2) is 31.2 Å². The molecule has 0 saturated heterocycles. The molecule has 0 aliphatic heterocycles. The second-order valence-electron chi connectivity index (χ2n) is 3.70. The molecule has 0 bridgehead atoms. The predicted octanol–water partition coefficient (Wildman–Crippen LogP) is 0.838. The lowest BCUT2D eigenvalue weighted by molar-refractivity contribution is -0.139. The smallest absolute Gasteiger partial charge is 0.329 e. The van der Waals surface area contributed by atoms with Gasteiger partial charge in [-0.2, -0.15) is 5.10 Å². The molecule has 0 aliphatic rings. The highest BCUT2D eigenvalue weighted by Crippen LogP contribution is 2.11. The van der Waals surface area contributed by atoms with Gasteiger partial charge in [0.15, 0.2) is 0 Å². The van der Waals surface area contributed by atoms with Gasteiger partial charge < -0.3 is 10.1 Å². The molecule has 1 aromatic carbocycles. The second-order valence-corrected chi connectivity index (χ2v) is 3.70. The van der Waals surface area contributed by atoms with Crippen LogP contribution in [0.15, 0.2) is 42.0 Å². The van der Waals surface area contributed by atoms with Crippen molar-refractivity contribution in [3.8, 4) is 5.75 Å². The van der Waals surface area contributed by atoms with Gasteiger partial charge in [-0.15, -0.1) is 6.58 Å². The van der Waals surface area contributed by atoms with E-state index >= 15 is 0 Å². The summed E-state index contributed by atoms with van der Waals surface area (Å²) < 4.78 is 5.33. The monoisotopic (exact) mass is 275 g/mol. The number of carbonyl (C=O) groups excluding carboxylic acids is 2. The van der Waals surface area contributed by atoms with Crippen LogP contribution in [0.4, 0.5) is 0 Å². The molecule has 2 N–H and O–H groups in total. The molecule has 0 unspecified atom stereocenters. The minimum absolute atomic E-state index is 0.229. The van der Waals surface area contributed by atoms with Gasteiger partial charge in [0.2, 0.25) is 0 Å². The molecule has 0 atom stereocenters. The number of carbonyl (C=O) groups is 2. The molecule has 6 nitrogen and oxygen atoms in total. The maximum absolute atomic E-state index is 11.3. The van der Waals surface area contributed by atoms with Gasteiger partial charge in [-0.05, 0) is 24.6 Å². The molecule has 0 aliphatic carbocycles. The Balaban J connectivity index is 2.51. The van der Waals surface area contributed by atoms with Gasteiger partial charge in [0.25, 0.3) is 0 Å². The number of nitrogens with zero attached hydrogens (tertiary/aromatic N) is 1. The lowest BCUT2D eigenvalue weighted by atomic mass is 10.2. The summed E-state index contributed by atoms with van der Waals surface area (Å²) in [6, 6.07) is 7.21. The first-order valence-electron chi connectivity index (χ1n) is 6.12. The number of hydrogen-bond acceptors (Lipinski definition) is 4. The zero-order valence-corrected chi connectivity index (χ0v) is 11.3. The van der Waals surface area contributed by atoms with Gasteiger partial charge in [-0.3, -0.25) is 9.59 Å². The van der Waals surface area contributed by atoms with Crippen molar-refractivity contribution in [3.05, 3.63) is 42.5 Å². The van der Waals surface area contributed by atoms with Crippen molar-refractivity contribution in [2.45, 2.75) is 6.92 Å². The normalized spacial score (nSPS) is 10.1. The first-order chi connectivity index (χ1) is 9.67. The van der Waals surface area contributed by atoms with Crippen LogP contribution >= 0.6 is 0 Å². The average molecular weight is 275 g/mol. The molecule has 1 rings (SSSR count). The number of hydrazone groups is 1. The highest BCUT2D eigenvalue weighted by Gasteiger charge is 2.10. The van der Waals surface area contributed by atoms with Crippen LogP contribution in [0.3, 0.4) is 0 Å². The van der Waals surface area contributed by atoms with E-state index in [1.54, 1.807) is 12.1 Å². The van der Waals surface area contributed by atoms with Gasteiger partial charge in [0.05, 0.1) is 12.8 Å². The molecule has 0 aromatic heterocycles. The van der Waals surface area contributed by atoms with Gasteiger partial charge in [0.1, 0.15) is 5.75 Å². The molecule has 2 amide bonds. The lowest BCUT2D eigenvalue weighted by Crippen LogP contribution is -2.37. The maximum Gasteiger partial charge on any atom is 0.329 e. The Hall–Kier alpha value is -2.63. The quantitative estimate of drug-likeness (QED) is 0.349. The van der Waals surface area contributed by atoms with Gasteiger partial charge in [0, 0.05) is 6.54 Å². The van der Waals surface area contributed by atoms with Crippen LogP contribution in [0.5, 0.6) is 5.75 Å². The van der Waals surface area contributed by atoms with Gasteiger partial charge in [-0.1, -0.05) is 18.2 Å². The summed E-state index contributed by atoms with van der Waals surface area (Å²) in [5.41, 5.74) is 2.89. The Kier molecular flexibility index (Phi) is 6.53. The number of nitrogens with one attached hydrogen (secondary N) is 2. The zero-order valence-electron chi connectivity index (χ0n) is 11.3. The summed E-state index contributed by atoms with van der Waals surface area (Å²) in [5, 5.41) is 6.05. The zero-order chi connectivity index (χ0) is 14.8. The molecular formula is C14H17N3O3. The van der Waals surface area contributed by atoms with E-state index in [2.05, 4.69) is 22.4 Å². The predicted molar refractivity (Wildman–Crippen MR) is 76.6 cm³/mol. The molecule has 6 heteroatoms. The van der Waals surface area contributed by atoms with Gasteiger partial charge >= 0.3 is 11.8 Å². The van der Waals surface area contributed by atoms with E-state index in [1.165, 1.54) is 12.3 Å². The van der Waals surface area contributed by atoms with E-state index in [9.17, 15) is 9.59 Å². The third-order valence-electron chi connectivity index (χ3n) is 2.16. The third-order valence-corrected chi connectivity index (χ3v) is 2.16. The topological polar surface area (TPSA) is 79.8 Å². The lowest BCUT2D eigenvalue weighted by Gasteiger charge is -2.03. The highest BCUT2D eigenvalue weighted by molar-refractivity contribution is 6.35. The average Bonchev–Trinajstić information content (AvgIpc) is 2.45. The van der Waals surface area contributed by atoms with E-state index in [0.29, 0.717) is 12.4 Å². The molecular weight excluding hydrogens is 258 g/mol. The number of benzene rings is 1. The van der Waals surface area contributed by atoms with Crippen LogP contribution in [0.2, 0.25) is 0 Å². The van der Waals surface area contributed by atoms with Gasteiger partial charge in [-0.25, -0.2) is 5.43 Å². The summed E-state index contributed by atoms with van der Waals surface area (Å²) >= 11 is 0. The number of ether oxygens (including phenoxy) is 1. The van der Waals surface area contributed by atoms with E-state index in [-0.39, 0.29) is 6.54 Å². The van der Waals surface area contributed by atoms with Crippen molar-refractivity contribution in [2.75, 3.05) is 13.2 Å². The molecule has 0 heterocycles. The Morgan fingerprint density at radius 3 is 2.90 bits per heavy atom. The van der Waals surface area contributed by atoms with Crippen LogP contribution in [0.1, 0.15) is 12.5 Å². The first-order valence-corrected chi connectivity index (χ1v) is 6.12. The van der Waals surface area contributed by atoms with E-state index in [1.807, 2.05) is 19.1 Å². The maximum atomic E-state index is 11.3. The van der Waals surface area contributed by atoms with E-state index in [4.69, 9.17) is 4.74 Å². The van der Waals surface area contributed by atoms with Crippen molar-refractivity contribution in [2.24, 2.45) is 5.10 Å². The minimum atomic E-state index is -0.830. The molecule has 20 heavy (non-hydrogen) atoms. The summed E-state index contributed by atoms with van der Waals surface area (Å²) in [4.78, 5) is 22.5. The van der Waals surface area contributed by atoms with Crippen LogP contribution < -0.4 is 15.5 Å². The van der Waals surface area contributed by atoms with E-state index < -0.39 is 11.8 Å². The van der Waals surface area contributed by atoms with Crippen molar-refractivity contribution in [3.63, 3.8) is 0 Å². The Morgan fingerprint density at radius 2 is 2.20 bits per heavy atom. The fraction of sp³-hybridized carbons (Fsp3) is 0.214. The first kappa shape index (κ1) is 15.4. The minimum Gasteiger partial charge on any atom is -0.494 e. The van der Waals surface area contributed by atoms with Crippen molar-refractivity contribution in [1.82, 2.24) is 10.7 Å². The van der Waals surface area contributed by atoms with Crippen molar-refractivity contribution < 1.29 is 14.3 Å². The summed E-state index contributed by atoms with van der Waals surface area (Å²) in [5.74, 6) is -0.874. The molecule has 0 saturated carbocycles. The fourth-order valence-corrected chi connectivity index (χ4v) is 1.31. The third kappa shape index (κ3) is 5.34. The SMILES string of the molecule is C=CCNC(=O)C(=O)N/N=C\c1cccc(OCC)c1. The molecule has 106 valence electrons. The number of amides is 2. The molecule has 0 fully saturated rings. The van der Waals surface area contributed by atoms with Crippen molar-refractivity contribution in [1.29, 1.82) is 0 Å². The van der Waals surface area contributed by atoms with Crippen LogP contribution in [0, 0.1) is 0 Å². The summed E-state index contributed by atoms with van der Waals surface area (Å²) in [6.07, 6.45) is 2.91. The molecule has 0 spiro atoms. The second kappa shape index (κ2) is 8.47. The Bertz CT molecular complexity index is 512. The number of rotatable bonds is 6. The molecule has 0 radical (unpaired) electrons. The number of hydrogen-bond donors (Lipinski definition) is 2. The Morgan fingerprint density at radius 1 is 1.40 bits per heavy atom. The van der Waals surface area contributed by atoms with E-state index in [0.717, 1.165) is 5.56 Å². The highest BCUT2D eigenvalue weighted by atomic mass is 16.5. The molecule has 1 aromatic rings.